The summed E-state index contributed by atoms with van der Waals surface area (Å²) in [6.45, 7) is 1.12. The quantitative estimate of drug-likeness (QED) is 0.766. The molecule has 0 radical (unpaired) electrons. The van der Waals surface area contributed by atoms with E-state index in [-0.39, 0.29) is 0 Å². The van der Waals surface area contributed by atoms with Crippen LogP contribution in [-0.2, 0) is 11.3 Å². The molecule has 3 N–H and O–H groups in total. The molecule has 1 aromatic carbocycles. The standard InChI is InChI=1S/C12H16ClN3O2/c13-11-4-2-10(3-5-11)8-15-12(18)16(9-17)7-1-6-14/h2-5,9H,1,6-8,14H2,(H,15,18). The number of carbonyl (C=O) groups excluding carboxylic acids is 2. The van der Waals surface area contributed by atoms with Crippen molar-refractivity contribution in [2.75, 3.05) is 13.1 Å². The van der Waals surface area contributed by atoms with Gasteiger partial charge in [-0.3, -0.25) is 9.69 Å². The lowest BCUT2D eigenvalue weighted by Crippen LogP contribution is -2.39. The van der Waals surface area contributed by atoms with Crippen LogP contribution in [0, 0.1) is 0 Å². The van der Waals surface area contributed by atoms with Gasteiger partial charge >= 0.3 is 6.03 Å². The van der Waals surface area contributed by atoms with Gasteiger partial charge in [0, 0.05) is 18.1 Å². The van der Waals surface area contributed by atoms with Crippen LogP contribution in [0.5, 0.6) is 0 Å². The van der Waals surface area contributed by atoms with Crippen LogP contribution < -0.4 is 11.1 Å². The molecule has 18 heavy (non-hydrogen) atoms. The van der Waals surface area contributed by atoms with Crippen molar-refractivity contribution < 1.29 is 9.59 Å². The first-order valence-corrected chi connectivity index (χ1v) is 5.99. The number of imide groups is 1. The second-order valence-corrected chi connectivity index (χ2v) is 4.16. The molecule has 1 rings (SSSR count). The van der Waals surface area contributed by atoms with Crippen molar-refractivity contribution in [3.8, 4) is 0 Å². The van der Waals surface area contributed by atoms with Crippen LogP contribution in [0.25, 0.3) is 0 Å². The summed E-state index contributed by atoms with van der Waals surface area (Å²) in [7, 11) is 0. The van der Waals surface area contributed by atoms with Gasteiger partial charge < -0.3 is 11.1 Å². The summed E-state index contributed by atoms with van der Waals surface area (Å²) in [5, 5.41) is 3.29. The predicted octanol–water partition coefficient (Wildman–Crippen LogP) is 1.36. The molecule has 0 atom stereocenters. The molecule has 98 valence electrons. The highest BCUT2D eigenvalue weighted by Gasteiger charge is 2.10. The summed E-state index contributed by atoms with van der Waals surface area (Å²) in [6, 6.07) is 6.69. The minimum absolute atomic E-state index is 0.326. The Hall–Kier alpha value is -1.59. The molecule has 0 saturated carbocycles. The highest BCUT2D eigenvalue weighted by atomic mass is 35.5. The minimum atomic E-state index is -0.423. The molecular formula is C12H16ClN3O2. The van der Waals surface area contributed by atoms with Crippen LogP contribution in [0.3, 0.4) is 0 Å². The first-order chi connectivity index (χ1) is 8.67. The molecule has 0 heterocycles. The van der Waals surface area contributed by atoms with Crippen molar-refractivity contribution in [3.63, 3.8) is 0 Å². The Kier molecular flexibility index (Phi) is 6.18. The van der Waals surface area contributed by atoms with Gasteiger partial charge in [-0.1, -0.05) is 23.7 Å². The Morgan fingerprint density at radius 1 is 1.39 bits per heavy atom. The van der Waals surface area contributed by atoms with Crippen LogP contribution in [0.4, 0.5) is 4.79 Å². The number of rotatable bonds is 6. The third-order valence-electron chi connectivity index (χ3n) is 2.35. The summed E-state index contributed by atoms with van der Waals surface area (Å²) in [4.78, 5) is 23.4. The van der Waals surface area contributed by atoms with Crippen molar-refractivity contribution >= 4 is 24.0 Å². The van der Waals surface area contributed by atoms with Gasteiger partial charge in [0.1, 0.15) is 0 Å². The third-order valence-corrected chi connectivity index (χ3v) is 2.60. The molecule has 0 fully saturated rings. The fourth-order valence-corrected chi connectivity index (χ4v) is 1.47. The largest absolute Gasteiger partial charge is 0.334 e. The summed E-state index contributed by atoms with van der Waals surface area (Å²) >= 11 is 5.75. The van der Waals surface area contributed by atoms with E-state index in [9.17, 15) is 9.59 Å². The van der Waals surface area contributed by atoms with E-state index in [0.29, 0.717) is 37.5 Å². The van der Waals surface area contributed by atoms with E-state index in [1.54, 1.807) is 12.1 Å². The molecule has 0 aliphatic heterocycles. The average molecular weight is 270 g/mol. The van der Waals surface area contributed by atoms with Crippen LogP contribution in [0.2, 0.25) is 5.02 Å². The zero-order chi connectivity index (χ0) is 13.4. The first kappa shape index (κ1) is 14.5. The number of hydrogen-bond acceptors (Lipinski definition) is 3. The zero-order valence-electron chi connectivity index (χ0n) is 9.93. The summed E-state index contributed by atoms with van der Waals surface area (Å²) < 4.78 is 0. The molecule has 0 aliphatic carbocycles. The molecule has 0 aliphatic rings. The van der Waals surface area contributed by atoms with Gasteiger partial charge in [-0.15, -0.1) is 0 Å². The van der Waals surface area contributed by atoms with Gasteiger partial charge in [0.25, 0.3) is 0 Å². The lowest BCUT2D eigenvalue weighted by atomic mass is 10.2. The van der Waals surface area contributed by atoms with E-state index in [1.807, 2.05) is 12.1 Å². The van der Waals surface area contributed by atoms with E-state index in [0.717, 1.165) is 10.5 Å². The topological polar surface area (TPSA) is 75.4 Å². The maximum Gasteiger partial charge on any atom is 0.324 e. The minimum Gasteiger partial charge on any atom is -0.334 e. The number of amides is 3. The number of urea groups is 1. The van der Waals surface area contributed by atoms with E-state index in [1.165, 1.54) is 0 Å². The fourth-order valence-electron chi connectivity index (χ4n) is 1.35. The Morgan fingerprint density at radius 3 is 2.61 bits per heavy atom. The molecule has 0 bridgehead atoms. The predicted molar refractivity (Wildman–Crippen MR) is 70.1 cm³/mol. The lowest BCUT2D eigenvalue weighted by Gasteiger charge is -2.15. The molecule has 0 saturated heterocycles. The summed E-state index contributed by atoms with van der Waals surface area (Å²) in [5.74, 6) is 0. The molecule has 5 nitrogen and oxygen atoms in total. The summed E-state index contributed by atoms with van der Waals surface area (Å²) in [5.41, 5.74) is 6.24. The molecule has 0 aromatic heterocycles. The highest BCUT2D eigenvalue weighted by molar-refractivity contribution is 6.30. The Labute approximate surface area is 111 Å². The third kappa shape index (κ3) is 4.73. The lowest BCUT2D eigenvalue weighted by molar-refractivity contribution is -0.115. The van der Waals surface area contributed by atoms with Gasteiger partial charge in [0.15, 0.2) is 0 Å². The molecule has 0 unspecified atom stereocenters. The van der Waals surface area contributed by atoms with Gasteiger partial charge in [0.2, 0.25) is 6.41 Å². The molecule has 6 heteroatoms. The van der Waals surface area contributed by atoms with Crippen molar-refractivity contribution in [1.82, 2.24) is 10.2 Å². The summed E-state index contributed by atoms with van der Waals surface area (Å²) in [6.07, 6.45) is 1.10. The number of halogens is 1. The molecule has 0 spiro atoms. The first-order valence-electron chi connectivity index (χ1n) is 5.61. The number of benzene rings is 1. The normalized spacial score (nSPS) is 9.89. The van der Waals surface area contributed by atoms with Crippen LogP contribution in [0.1, 0.15) is 12.0 Å². The maximum atomic E-state index is 11.6. The maximum absolute atomic E-state index is 11.6. The fraction of sp³-hybridized carbons (Fsp3) is 0.333. The van der Waals surface area contributed by atoms with E-state index < -0.39 is 6.03 Å². The van der Waals surface area contributed by atoms with E-state index >= 15 is 0 Å². The van der Waals surface area contributed by atoms with Crippen molar-refractivity contribution in [2.24, 2.45) is 5.73 Å². The second kappa shape index (κ2) is 7.68. The Balaban J connectivity index is 2.43. The van der Waals surface area contributed by atoms with E-state index in [2.05, 4.69) is 5.32 Å². The molecule has 1 aromatic rings. The number of carbonyl (C=O) groups is 2. The van der Waals surface area contributed by atoms with Gasteiger partial charge in [-0.2, -0.15) is 0 Å². The van der Waals surface area contributed by atoms with Gasteiger partial charge in [0.05, 0.1) is 0 Å². The highest BCUT2D eigenvalue weighted by Crippen LogP contribution is 2.09. The van der Waals surface area contributed by atoms with Gasteiger partial charge in [-0.25, -0.2) is 4.79 Å². The van der Waals surface area contributed by atoms with E-state index in [4.69, 9.17) is 17.3 Å². The SMILES string of the molecule is NCCCN(C=O)C(=O)NCc1ccc(Cl)cc1. The van der Waals surface area contributed by atoms with Crippen molar-refractivity contribution in [2.45, 2.75) is 13.0 Å². The van der Waals surface area contributed by atoms with Crippen LogP contribution in [-0.4, -0.2) is 30.4 Å². The number of nitrogens with one attached hydrogen (secondary N) is 1. The number of nitrogens with two attached hydrogens (primary N) is 1. The number of nitrogens with zero attached hydrogens (tertiary/aromatic N) is 1. The Morgan fingerprint density at radius 2 is 2.06 bits per heavy atom. The smallest absolute Gasteiger partial charge is 0.324 e. The Bertz CT molecular complexity index is 395. The van der Waals surface area contributed by atoms with Crippen molar-refractivity contribution in [1.29, 1.82) is 0 Å². The van der Waals surface area contributed by atoms with Crippen LogP contribution in [0.15, 0.2) is 24.3 Å². The number of hydrogen-bond donors (Lipinski definition) is 2. The van der Waals surface area contributed by atoms with Crippen molar-refractivity contribution in [3.05, 3.63) is 34.9 Å². The average Bonchev–Trinajstić information content (AvgIpc) is 2.39. The molecular weight excluding hydrogens is 254 g/mol. The zero-order valence-corrected chi connectivity index (χ0v) is 10.7. The van der Waals surface area contributed by atoms with Crippen LogP contribution >= 0.6 is 11.6 Å². The second-order valence-electron chi connectivity index (χ2n) is 3.73. The molecule has 3 amide bonds. The monoisotopic (exact) mass is 269 g/mol. The van der Waals surface area contributed by atoms with Gasteiger partial charge in [-0.05, 0) is 30.7 Å².